The molecule has 15 heavy (non-hydrogen) atoms. The smallest absolute Gasteiger partial charge is 0.122 e. The van der Waals surface area contributed by atoms with Crippen molar-refractivity contribution in [2.45, 2.75) is 24.9 Å². The van der Waals surface area contributed by atoms with Gasteiger partial charge in [0.15, 0.2) is 0 Å². The van der Waals surface area contributed by atoms with Crippen LogP contribution in [0, 0.1) is 0 Å². The third kappa shape index (κ3) is 1.15. The normalized spacial score (nSPS) is 27.2. The van der Waals surface area contributed by atoms with Crippen molar-refractivity contribution in [2.75, 3.05) is 7.11 Å². The monoisotopic (exact) mass is 202 g/mol. The van der Waals surface area contributed by atoms with Gasteiger partial charge in [0.1, 0.15) is 5.76 Å². The molecule has 2 heteroatoms. The van der Waals surface area contributed by atoms with Crippen LogP contribution in [0.3, 0.4) is 0 Å². The first-order valence-corrected chi connectivity index (χ1v) is 5.36. The number of benzene rings is 1. The van der Waals surface area contributed by atoms with Gasteiger partial charge in [-0.15, -0.1) is 0 Å². The molecule has 3 rings (SSSR count). The van der Waals surface area contributed by atoms with Crippen LogP contribution in [0.4, 0.5) is 0 Å². The highest BCUT2D eigenvalue weighted by Crippen LogP contribution is 2.48. The minimum Gasteiger partial charge on any atom is -0.496 e. The van der Waals surface area contributed by atoms with Crippen LogP contribution in [0.25, 0.3) is 5.76 Å². The number of allylic oxidation sites excluding steroid dienone is 1. The summed E-state index contributed by atoms with van der Waals surface area (Å²) in [6.07, 6.45) is 3.70. The van der Waals surface area contributed by atoms with Crippen molar-refractivity contribution in [2.24, 2.45) is 0 Å². The molecule has 0 bridgehead atoms. The molecule has 0 heterocycles. The van der Waals surface area contributed by atoms with Gasteiger partial charge in [0.2, 0.25) is 0 Å². The van der Waals surface area contributed by atoms with Crippen molar-refractivity contribution < 1.29 is 9.84 Å². The molecule has 0 aliphatic heterocycles. The van der Waals surface area contributed by atoms with E-state index in [2.05, 4.69) is 12.1 Å². The summed E-state index contributed by atoms with van der Waals surface area (Å²) in [5, 5.41) is 9.93. The average molecular weight is 202 g/mol. The van der Waals surface area contributed by atoms with Crippen LogP contribution in [0.1, 0.15) is 41.6 Å². The van der Waals surface area contributed by atoms with Gasteiger partial charge in [0, 0.05) is 5.56 Å². The average Bonchev–Trinajstić information content (AvgIpc) is 2.59. The molecule has 0 aromatic heterocycles. The topological polar surface area (TPSA) is 29.5 Å². The van der Waals surface area contributed by atoms with E-state index in [1.807, 2.05) is 12.1 Å². The highest BCUT2D eigenvalue weighted by atomic mass is 16.5. The van der Waals surface area contributed by atoms with E-state index in [9.17, 15) is 5.11 Å². The quantitative estimate of drug-likeness (QED) is 0.758. The number of aliphatic hydroxyl groups excluding tert-OH is 1. The molecule has 2 aliphatic rings. The molecule has 2 aliphatic carbocycles. The zero-order chi connectivity index (χ0) is 10.4. The molecule has 0 saturated carbocycles. The van der Waals surface area contributed by atoms with Crippen LogP contribution in [0.15, 0.2) is 24.3 Å². The van der Waals surface area contributed by atoms with Crippen molar-refractivity contribution in [3.05, 3.63) is 41.0 Å². The van der Waals surface area contributed by atoms with Crippen LogP contribution in [0.2, 0.25) is 0 Å². The zero-order valence-corrected chi connectivity index (χ0v) is 8.73. The Balaban J connectivity index is 2.22. The maximum Gasteiger partial charge on any atom is 0.122 e. The molecule has 2 atom stereocenters. The number of ether oxygens (including phenoxy) is 1. The van der Waals surface area contributed by atoms with E-state index in [1.165, 1.54) is 11.1 Å². The molecule has 0 saturated heterocycles. The largest absolute Gasteiger partial charge is 0.496 e. The van der Waals surface area contributed by atoms with E-state index < -0.39 is 0 Å². The first-order valence-electron chi connectivity index (χ1n) is 5.36. The van der Waals surface area contributed by atoms with Gasteiger partial charge in [-0.3, -0.25) is 0 Å². The summed E-state index contributed by atoms with van der Waals surface area (Å²) in [6.45, 7) is 0. The fraction of sp³-hybridized carbons (Fsp3) is 0.385. The minimum atomic E-state index is -0.283. The van der Waals surface area contributed by atoms with Gasteiger partial charge in [-0.25, -0.2) is 0 Å². The van der Waals surface area contributed by atoms with E-state index >= 15 is 0 Å². The first kappa shape index (κ1) is 8.98. The Hall–Kier alpha value is -1.28. The summed E-state index contributed by atoms with van der Waals surface area (Å²) in [4.78, 5) is 0. The fourth-order valence-electron chi connectivity index (χ4n) is 2.83. The standard InChI is InChI=1S/C13H14O2/c1-15-12-6-5-8-7-11(14)9-3-2-4-10(12)13(8)9/h2-4,6,8,11,14H,5,7H2,1H3. The molecular formula is C13H14O2. The Morgan fingerprint density at radius 2 is 2.27 bits per heavy atom. The molecular weight excluding hydrogens is 188 g/mol. The van der Waals surface area contributed by atoms with Crippen LogP contribution in [-0.4, -0.2) is 12.2 Å². The van der Waals surface area contributed by atoms with Crippen LogP contribution in [-0.2, 0) is 4.74 Å². The van der Waals surface area contributed by atoms with Crippen molar-refractivity contribution >= 4 is 5.76 Å². The maximum absolute atomic E-state index is 9.93. The number of aliphatic hydroxyl groups is 1. The Kier molecular flexibility index (Phi) is 1.86. The Labute approximate surface area is 89.2 Å². The SMILES string of the molecule is COC1=CCC2CC(O)c3cccc1c32. The lowest BCUT2D eigenvalue weighted by Gasteiger charge is -2.21. The number of rotatable bonds is 1. The zero-order valence-electron chi connectivity index (χ0n) is 8.73. The third-order valence-electron chi connectivity index (χ3n) is 3.49. The van der Waals surface area contributed by atoms with Crippen LogP contribution in [0.5, 0.6) is 0 Å². The van der Waals surface area contributed by atoms with Crippen molar-refractivity contribution in [3.8, 4) is 0 Å². The van der Waals surface area contributed by atoms with Crippen molar-refractivity contribution in [1.82, 2.24) is 0 Å². The molecule has 1 aromatic carbocycles. The van der Waals surface area contributed by atoms with Gasteiger partial charge >= 0.3 is 0 Å². The van der Waals surface area contributed by atoms with Crippen LogP contribution >= 0.6 is 0 Å². The van der Waals surface area contributed by atoms with Gasteiger partial charge in [0.05, 0.1) is 13.2 Å². The Morgan fingerprint density at radius 1 is 1.40 bits per heavy atom. The predicted molar refractivity (Wildman–Crippen MR) is 58.4 cm³/mol. The molecule has 1 N–H and O–H groups in total. The van der Waals surface area contributed by atoms with Gasteiger partial charge in [-0.05, 0) is 36.0 Å². The van der Waals surface area contributed by atoms with Gasteiger partial charge in [0.25, 0.3) is 0 Å². The molecule has 2 unspecified atom stereocenters. The summed E-state index contributed by atoms with van der Waals surface area (Å²) in [7, 11) is 1.71. The molecule has 0 fully saturated rings. The lowest BCUT2D eigenvalue weighted by Crippen LogP contribution is -2.04. The second kappa shape index (κ2) is 3.11. The third-order valence-corrected chi connectivity index (χ3v) is 3.49. The minimum absolute atomic E-state index is 0.283. The highest BCUT2D eigenvalue weighted by molar-refractivity contribution is 5.68. The Bertz CT molecular complexity index is 434. The lowest BCUT2D eigenvalue weighted by molar-refractivity contribution is 0.173. The summed E-state index contributed by atoms with van der Waals surface area (Å²) in [5.74, 6) is 1.45. The van der Waals surface area contributed by atoms with Crippen molar-refractivity contribution in [1.29, 1.82) is 0 Å². The molecule has 78 valence electrons. The van der Waals surface area contributed by atoms with E-state index in [4.69, 9.17) is 4.74 Å². The summed E-state index contributed by atoms with van der Waals surface area (Å²) in [6, 6.07) is 6.11. The first-order chi connectivity index (χ1) is 7.31. The molecule has 2 nitrogen and oxygen atoms in total. The molecule has 0 amide bonds. The van der Waals surface area contributed by atoms with E-state index in [1.54, 1.807) is 7.11 Å². The van der Waals surface area contributed by atoms with Crippen LogP contribution < -0.4 is 0 Å². The number of methoxy groups -OCH3 is 1. The Morgan fingerprint density at radius 3 is 3.07 bits per heavy atom. The molecule has 0 radical (unpaired) electrons. The molecule has 1 aromatic rings. The predicted octanol–water partition coefficient (Wildman–Crippen LogP) is 2.60. The summed E-state index contributed by atoms with van der Waals surface area (Å²) >= 11 is 0. The van der Waals surface area contributed by atoms with Gasteiger partial charge in [-0.1, -0.05) is 18.2 Å². The summed E-state index contributed by atoms with van der Waals surface area (Å²) < 4.78 is 5.36. The van der Waals surface area contributed by atoms with E-state index in [0.717, 1.165) is 24.2 Å². The lowest BCUT2D eigenvalue weighted by atomic mass is 9.87. The van der Waals surface area contributed by atoms with Gasteiger partial charge in [-0.2, -0.15) is 0 Å². The fourth-order valence-corrected chi connectivity index (χ4v) is 2.83. The second-order valence-corrected chi connectivity index (χ2v) is 4.27. The van der Waals surface area contributed by atoms with Crippen molar-refractivity contribution in [3.63, 3.8) is 0 Å². The highest BCUT2D eigenvalue weighted by Gasteiger charge is 2.34. The summed E-state index contributed by atoms with van der Waals surface area (Å²) in [5.41, 5.74) is 3.58. The maximum atomic E-state index is 9.93. The number of hydrogen-bond acceptors (Lipinski definition) is 2. The van der Waals surface area contributed by atoms with E-state index in [0.29, 0.717) is 5.92 Å². The molecule has 0 spiro atoms. The van der Waals surface area contributed by atoms with E-state index in [-0.39, 0.29) is 6.10 Å². The van der Waals surface area contributed by atoms with Gasteiger partial charge < -0.3 is 9.84 Å². The second-order valence-electron chi connectivity index (χ2n) is 4.27. The number of hydrogen-bond donors (Lipinski definition) is 1.